The SMILES string of the molecule is CN(Cc1cnn(C)c1)C(=O)/C=C/c1cccc([N+](=O)[O-])c1. The first-order valence-corrected chi connectivity index (χ1v) is 6.61. The summed E-state index contributed by atoms with van der Waals surface area (Å²) in [5, 5.41) is 14.7. The fourth-order valence-electron chi connectivity index (χ4n) is 1.94. The van der Waals surface area contributed by atoms with E-state index in [4.69, 9.17) is 0 Å². The molecule has 0 N–H and O–H groups in total. The monoisotopic (exact) mass is 300 g/mol. The van der Waals surface area contributed by atoms with Gasteiger partial charge in [0.25, 0.3) is 5.69 Å². The number of hydrogen-bond acceptors (Lipinski definition) is 4. The summed E-state index contributed by atoms with van der Waals surface area (Å²) >= 11 is 0. The molecule has 1 amide bonds. The Labute approximate surface area is 127 Å². The summed E-state index contributed by atoms with van der Waals surface area (Å²) in [6.45, 7) is 0.450. The van der Waals surface area contributed by atoms with E-state index in [0.717, 1.165) is 5.56 Å². The molecule has 22 heavy (non-hydrogen) atoms. The van der Waals surface area contributed by atoms with Gasteiger partial charge in [-0.05, 0) is 11.6 Å². The fourth-order valence-corrected chi connectivity index (χ4v) is 1.94. The van der Waals surface area contributed by atoms with Crippen LogP contribution in [0.3, 0.4) is 0 Å². The van der Waals surface area contributed by atoms with E-state index in [1.54, 1.807) is 41.0 Å². The summed E-state index contributed by atoms with van der Waals surface area (Å²) < 4.78 is 1.67. The number of non-ortho nitro benzene ring substituents is 1. The molecule has 0 fully saturated rings. The molecule has 2 aromatic rings. The molecule has 0 bridgehead atoms. The molecule has 0 saturated heterocycles. The van der Waals surface area contributed by atoms with Gasteiger partial charge >= 0.3 is 0 Å². The van der Waals surface area contributed by atoms with E-state index in [-0.39, 0.29) is 11.6 Å². The summed E-state index contributed by atoms with van der Waals surface area (Å²) in [5.74, 6) is -0.185. The number of benzene rings is 1. The Bertz CT molecular complexity index is 721. The second kappa shape index (κ2) is 6.66. The molecule has 0 atom stereocenters. The molecular formula is C15H16N4O3. The molecule has 0 aliphatic rings. The van der Waals surface area contributed by atoms with Crippen LogP contribution in [0.5, 0.6) is 0 Å². The molecule has 1 aromatic carbocycles. The quantitative estimate of drug-likeness (QED) is 0.480. The first-order chi connectivity index (χ1) is 10.5. The largest absolute Gasteiger partial charge is 0.338 e. The number of aryl methyl sites for hydroxylation is 1. The van der Waals surface area contributed by atoms with Crippen molar-refractivity contribution in [3.05, 3.63) is 64.0 Å². The van der Waals surface area contributed by atoms with Gasteiger partial charge in [0.15, 0.2) is 0 Å². The number of aromatic nitrogens is 2. The lowest BCUT2D eigenvalue weighted by atomic mass is 10.2. The van der Waals surface area contributed by atoms with E-state index in [1.807, 2.05) is 13.2 Å². The number of rotatable bonds is 5. The van der Waals surface area contributed by atoms with Gasteiger partial charge < -0.3 is 4.90 Å². The number of nitrogens with zero attached hydrogens (tertiary/aromatic N) is 4. The van der Waals surface area contributed by atoms with E-state index < -0.39 is 4.92 Å². The molecule has 1 heterocycles. The Morgan fingerprint density at radius 2 is 2.27 bits per heavy atom. The minimum Gasteiger partial charge on any atom is -0.338 e. The average molecular weight is 300 g/mol. The molecule has 0 aliphatic heterocycles. The van der Waals surface area contributed by atoms with E-state index in [1.165, 1.54) is 18.2 Å². The van der Waals surface area contributed by atoms with Crippen LogP contribution in [-0.2, 0) is 18.4 Å². The minimum absolute atomic E-state index is 0.00156. The lowest BCUT2D eigenvalue weighted by molar-refractivity contribution is -0.384. The van der Waals surface area contributed by atoms with Crippen molar-refractivity contribution in [1.82, 2.24) is 14.7 Å². The molecule has 114 valence electrons. The van der Waals surface area contributed by atoms with Gasteiger partial charge in [-0.1, -0.05) is 12.1 Å². The van der Waals surface area contributed by atoms with Gasteiger partial charge in [-0.25, -0.2) is 0 Å². The highest BCUT2D eigenvalue weighted by molar-refractivity contribution is 5.91. The Kier molecular flexibility index (Phi) is 4.67. The standard InChI is InChI=1S/C15H16N4O3/c1-17(10-13-9-16-18(2)11-13)15(20)7-6-12-4-3-5-14(8-12)19(21)22/h3-9,11H,10H2,1-2H3/b7-6+. The van der Waals surface area contributed by atoms with Crippen LogP contribution in [0.15, 0.2) is 42.7 Å². The normalized spacial score (nSPS) is 10.8. The Morgan fingerprint density at radius 1 is 1.50 bits per heavy atom. The molecule has 1 aromatic heterocycles. The van der Waals surface area contributed by atoms with Crippen LogP contribution >= 0.6 is 0 Å². The topological polar surface area (TPSA) is 81.3 Å². The van der Waals surface area contributed by atoms with Crippen LogP contribution in [0.1, 0.15) is 11.1 Å². The molecule has 0 aliphatic carbocycles. The smallest absolute Gasteiger partial charge is 0.270 e. The summed E-state index contributed by atoms with van der Waals surface area (Å²) in [6, 6.07) is 6.12. The molecular weight excluding hydrogens is 284 g/mol. The van der Waals surface area contributed by atoms with Gasteiger partial charge in [-0.15, -0.1) is 0 Å². The van der Waals surface area contributed by atoms with Gasteiger partial charge in [0.1, 0.15) is 0 Å². The maximum Gasteiger partial charge on any atom is 0.270 e. The van der Waals surface area contributed by atoms with Crippen LogP contribution in [0.25, 0.3) is 6.08 Å². The number of carbonyl (C=O) groups is 1. The molecule has 7 nitrogen and oxygen atoms in total. The minimum atomic E-state index is -0.465. The van der Waals surface area contributed by atoms with Crippen LogP contribution in [-0.4, -0.2) is 32.6 Å². The predicted octanol–water partition coefficient (Wildman–Crippen LogP) is 2.00. The van der Waals surface area contributed by atoms with Crippen LogP contribution in [0.4, 0.5) is 5.69 Å². The maximum absolute atomic E-state index is 12.0. The van der Waals surface area contributed by atoms with Crippen molar-refractivity contribution in [2.45, 2.75) is 6.54 Å². The molecule has 0 saturated carbocycles. The van der Waals surface area contributed by atoms with Crippen molar-refractivity contribution < 1.29 is 9.72 Å². The molecule has 0 unspecified atom stereocenters. The average Bonchev–Trinajstić information content (AvgIpc) is 2.90. The first kappa shape index (κ1) is 15.4. The second-order valence-electron chi connectivity index (χ2n) is 4.90. The zero-order chi connectivity index (χ0) is 16.1. The van der Waals surface area contributed by atoms with E-state index in [9.17, 15) is 14.9 Å². The zero-order valence-corrected chi connectivity index (χ0v) is 12.3. The lowest BCUT2D eigenvalue weighted by Gasteiger charge is -2.13. The van der Waals surface area contributed by atoms with Crippen LogP contribution in [0.2, 0.25) is 0 Å². The van der Waals surface area contributed by atoms with Crippen LogP contribution in [0, 0.1) is 10.1 Å². The summed E-state index contributed by atoms with van der Waals surface area (Å²) in [7, 11) is 3.50. The number of hydrogen-bond donors (Lipinski definition) is 0. The Balaban J connectivity index is 2.01. The third kappa shape index (κ3) is 4.02. The second-order valence-corrected chi connectivity index (χ2v) is 4.90. The van der Waals surface area contributed by atoms with Crippen molar-refractivity contribution in [2.75, 3.05) is 7.05 Å². The van der Waals surface area contributed by atoms with Crippen molar-refractivity contribution >= 4 is 17.7 Å². The Morgan fingerprint density at radius 3 is 2.91 bits per heavy atom. The number of nitro groups is 1. The molecule has 0 spiro atoms. The maximum atomic E-state index is 12.0. The molecule has 0 radical (unpaired) electrons. The van der Waals surface area contributed by atoms with Crippen molar-refractivity contribution in [3.63, 3.8) is 0 Å². The van der Waals surface area contributed by atoms with Crippen LogP contribution < -0.4 is 0 Å². The highest BCUT2D eigenvalue weighted by Gasteiger charge is 2.08. The number of nitro benzene ring substituents is 1. The first-order valence-electron chi connectivity index (χ1n) is 6.61. The third-order valence-corrected chi connectivity index (χ3v) is 3.05. The van der Waals surface area contributed by atoms with E-state index in [0.29, 0.717) is 12.1 Å². The third-order valence-electron chi connectivity index (χ3n) is 3.05. The number of carbonyl (C=O) groups excluding carboxylic acids is 1. The van der Waals surface area contributed by atoms with Gasteiger partial charge in [-0.3, -0.25) is 19.6 Å². The number of amides is 1. The fraction of sp³-hybridized carbons (Fsp3) is 0.200. The molecule has 2 rings (SSSR count). The zero-order valence-electron chi connectivity index (χ0n) is 12.3. The van der Waals surface area contributed by atoms with Gasteiger partial charge in [-0.2, -0.15) is 5.10 Å². The lowest BCUT2D eigenvalue weighted by Crippen LogP contribution is -2.23. The summed E-state index contributed by atoms with van der Waals surface area (Å²) in [4.78, 5) is 23.8. The van der Waals surface area contributed by atoms with Gasteiger partial charge in [0.05, 0.1) is 11.1 Å². The van der Waals surface area contributed by atoms with E-state index in [2.05, 4.69) is 5.10 Å². The summed E-state index contributed by atoms with van der Waals surface area (Å²) in [6.07, 6.45) is 6.51. The van der Waals surface area contributed by atoms with Crippen molar-refractivity contribution in [3.8, 4) is 0 Å². The van der Waals surface area contributed by atoms with Gasteiger partial charge in [0.2, 0.25) is 5.91 Å². The molecule has 7 heteroatoms. The van der Waals surface area contributed by atoms with Gasteiger partial charge in [0, 0.05) is 50.6 Å². The highest BCUT2D eigenvalue weighted by Crippen LogP contribution is 2.14. The van der Waals surface area contributed by atoms with E-state index >= 15 is 0 Å². The Hall–Kier alpha value is -2.96. The highest BCUT2D eigenvalue weighted by atomic mass is 16.6. The summed E-state index contributed by atoms with van der Waals surface area (Å²) in [5.41, 5.74) is 1.54. The van der Waals surface area contributed by atoms with Crippen molar-refractivity contribution in [1.29, 1.82) is 0 Å². The van der Waals surface area contributed by atoms with Crippen molar-refractivity contribution in [2.24, 2.45) is 7.05 Å². The number of likely N-dealkylation sites (N-methyl/N-ethyl adjacent to an activating group) is 1. The predicted molar refractivity (Wildman–Crippen MR) is 81.8 cm³/mol.